The lowest BCUT2D eigenvalue weighted by Gasteiger charge is -2.22. The molecule has 0 bridgehead atoms. The van der Waals surface area contributed by atoms with E-state index in [2.05, 4.69) is 61.7 Å². The van der Waals surface area contributed by atoms with Crippen LogP contribution in [0.2, 0.25) is 0 Å². The van der Waals surface area contributed by atoms with Gasteiger partial charge in [-0.3, -0.25) is 0 Å². The van der Waals surface area contributed by atoms with Gasteiger partial charge in [0.2, 0.25) is 0 Å². The van der Waals surface area contributed by atoms with Crippen LogP contribution in [0.25, 0.3) is 11.1 Å². The van der Waals surface area contributed by atoms with E-state index in [1.165, 1.54) is 40.7 Å². The Morgan fingerprint density at radius 2 is 1.73 bits per heavy atom. The summed E-state index contributed by atoms with van der Waals surface area (Å²) in [6.07, 6.45) is 9.78. The normalized spacial score (nSPS) is 16.8. The molecule has 1 atom stereocenters. The van der Waals surface area contributed by atoms with Crippen LogP contribution >= 0.6 is 0 Å². The lowest BCUT2D eigenvalue weighted by atomic mass is 9.83. The molecule has 1 aliphatic rings. The summed E-state index contributed by atoms with van der Waals surface area (Å²) in [5, 5.41) is 0. The molecule has 0 aromatic heterocycles. The van der Waals surface area contributed by atoms with Gasteiger partial charge in [-0.05, 0) is 65.8 Å². The van der Waals surface area contributed by atoms with Crippen LogP contribution in [0.15, 0.2) is 67.8 Å². The lowest BCUT2D eigenvalue weighted by molar-refractivity contribution is 0.554. The number of allylic oxidation sites excluding steroid dienone is 2. The third-order valence-corrected chi connectivity index (χ3v) is 4.73. The molecule has 0 saturated carbocycles. The Balaban J connectivity index is 1.80. The molecule has 0 spiro atoms. The molecule has 0 amide bonds. The van der Waals surface area contributed by atoms with Gasteiger partial charge in [0.1, 0.15) is 0 Å². The van der Waals surface area contributed by atoms with Gasteiger partial charge >= 0.3 is 0 Å². The quantitative estimate of drug-likeness (QED) is 0.613. The van der Waals surface area contributed by atoms with Crippen molar-refractivity contribution < 1.29 is 0 Å². The van der Waals surface area contributed by atoms with Crippen LogP contribution in [-0.2, 0) is 19.3 Å². The summed E-state index contributed by atoms with van der Waals surface area (Å²) in [5.74, 6) is 0.655. The largest absolute Gasteiger partial charge is 0.103 e. The summed E-state index contributed by atoms with van der Waals surface area (Å²) in [7, 11) is 0. The molecule has 0 aliphatic heterocycles. The standard InChI is InChI=1S/C22H24/c1-3-5-6-18-8-10-19(11-9-18)21-14-13-20-15-17(4-2)7-12-22(20)16-21/h3-4,8-11,13-14,16-17H,1-2,5-7,12,15H2. The SMILES string of the molecule is C=CCCc1ccc(-c2ccc3c(c2)CCC(C=C)C3)cc1. The van der Waals surface area contributed by atoms with Crippen molar-refractivity contribution in [1.29, 1.82) is 0 Å². The zero-order valence-corrected chi connectivity index (χ0v) is 13.2. The van der Waals surface area contributed by atoms with E-state index in [-0.39, 0.29) is 0 Å². The molecule has 0 saturated heterocycles. The van der Waals surface area contributed by atoms with E-state index in [0.29, 0.717) is 5.92 Å². The van der Waals surface area contributed by atoms with E-state index in [1.807, 2.05) is 6.08 Å². The van der Waals surface area contributed by atoms with Gasteiger partial charge in [0.25, 0.3) is 0 Å². The van der Waals surface area contributed by atoms with Gasteiger partial charge in [0.05, 0.1) is 0 Å². The van der Waals surface area contributed by atoms with Crippen molar-refractivity contribution in [2.24, 2.45) is 5.92 Å². The number of hydrogen-bond donors (Lipinski definition) is 0. The van der Waals surface area contributed by atoms with Crippen LogP contribution in [0, 0.1) is 5.92 Å². The molecule has 112 valence electrons. The maximum Gasteiger partial charge on any atom is -0.0181 e. The van der Waals surface area contributed by atoms with Crippen molar-refractivity contribution in [2.75, 3.05) is 0 Å². The Bertz CT molecular complexity index is 661. The fraction of sp³-hybridized carbons (Fsp3) is 0.273. The molecule has 0 radical (unpaired) electrons. The van der Waals surface area contributed by atoms with E-state index in [4.69, 9.17) is 0 Å². The van der Waals surface area contributed by atoms with Gasteiger partial charge in [-0.15, -0.1) is 13.2 Å². The van der Waals surface area contributed by atoms with Crippen molar-refractivity contribution in [3.63, 3.8) is 0 Å². The number of benzene rings is 2. The molecule has 0 fully saturated rings. The predicted octanol–water partition coefficient (Wildman–Crippen LogP) is 5.76. The Morgan fingerprint density at radius 3 is 2.45 bits per heavy atom. The molecule has 1 aliphatic carbocycles. The van der Waals surface area contributed by atoms with Crippen molar-refractivity contribution >= 4 is 0 Å². The van der Waals surface area contributed by atoms with Crippen molar-refractivity contribution in [3.05, 3.63) is 84.5 Å². The van der Waals surface area contributed by atoms with E-state index < -0.39 is 0 Å². The number of hydrogen-bond acceptors (Lipinski definition) is 0. The van der Waals surface area contributed by atoms with Crippen LogP contribution in [0.5, 0.6) is 0 Å². The molecule has 0 nitrogen and oxygen atoms in total. The second-order valence-electron chi connectivity index (χ2n) is 6.25. The van der Waals surface area contributed by atoms with Crippen LogP contribution in [-0.4, -0.2) is 0 Å². The topological polar surface area (TPSA) is 0 Å². The molecule has 0 heteroatoms. The predicted molar refractivity (Wildman–Crippen MR) is 96.1 cm³/mol. The van der Waals surface area contributed by atoms with Crippen molar-refractivity contribution in [3.8, 4) is 11.1 Å². The molecule has 3 rings (SSSR count). The molecule has 2 aromatic rings. The van der Waals surface area contributed by atoms with Gasteiger partial charge in [-0.25, -0.2) is 0 Å². The van der Waals surface area contributed by atoms with E-state index in [9.17, 15) is 0 Å². The van der Waals surface area contributed by atoms with E-state index >= 15 is 0 Å². The fourth-order valence-corrected chi connectivity index (χ4v) is 3.30. The molecule has 0 heterocycles. The second-order valence-corrected chi connectivity index (χ2v) is 6.25. The summed E-state index contributed by atoms with van der Waals surface area (Å²) in [6.45, 7) is 7.73. The third kappa shape index (κ3) is 3.22. The Morgan fingerprint density at radius 1 is 0.955 bits per heavy atom. The average molecular weight is 288 g/mol. The number of aryl methyl sites for hydroxylation is 2. The van der Waals surface area contributed by atoms with Gasteiger partial charge in [0, 0.05) is 0 Å². The second kappa shape index (κ2) is 6.79. The lowest BCUT2D eigenvalue weighted by Crippen LogP contribution is -2.11. The highest BCUT2D eigenvalue weighted by atomic mass is 14.2. The monoisotopic (exact) mass is 288 g/mol. The fourth-order valence-electron chi connectivity index (χ4n) is 3.30. The number of rotatable bonds is 5. The number of fused-ring (bicyclic) bond motifs is 1. The van der Waals surface area contributed by atoms with Crippen LogP contribution in [0.4, 0.5) is 0 Å². The van der Waals surface area contributed by atoms with Gasteiger partial charge < -0.3 is 0 Å². The maximum absolute atomic E-state index is 3.95. The zero-order chi connectivity index (χ0) is 15.4. The molecule has 0 N–H and O–H groups in total. The molecular weight excluding hydrogens is 264 g/mol. The first kappa shape index (κ1) is 14.8. The molecule has 1 unspecified atom stereocenters. The van der Waals surface area contributed by atoms with Crippen LogP contribution < -0.4 is 0 Å². The van der Waals surface area contributed by atoms with Crippen LogP contribution in [0.1, 0.15) is 29.5 Å². The first-order valence-electron chi connectivity index (χ1n) is 8.24. The maximum atomic E-state index is 3.95. The van der Waals surface area contributed by atoms with E-state index in [0.717, 1.165) is 19.3 Å². The van der Waals surface area contributed by atoms with E-state index in [1.54, 1.807) is 0 Å². The Labute approximate surface area is 134 Å². The van der Waals surface area contributed by atoms with Gasteiger partial charge in [0.15, 0.2) is 0 Å². The first-order chi connectivity index (χ1) is 10.8. The first-order valence-corrected chi connectivity index (χ1v) is 8.24. The highest BCUT2D eigenvalue weighted by molar-refractivity contribution is 5.65. The minimum atomic E-state index is 0.655. The van der Waals surface area contributed by atoms with Gasteiger partial charge in [-0.2, -0.15) is 0 Å². The highest BCUT2D eigenvalue weighted by Gasteiger charge is 2.16. The summed E-state index contributed by atoms with van der Waals surface area (Å²) in [4.78, 5) is 0. The average Bonchev–Trinajstić information content (AvgIpc) is 2.59. The highest BCUT2D eigenvalue weighted by Crippen LogP contribution is 2.30. The summed E-state index contributed by atoms with van der Waals surface area (Å²) in [5.41, 5.74) is 7.06. The summed E-state index contributed by atoms with van der Waals surface area (Å²) in [6, 6.07) is 15.9. The third-order valence-electron chi connectivity index (χ3n) is 4.73. The molecule has 22 heavy (non-hydrogen) atoms. The Hall–Kier alpha value is -2.08. The molecule has 2 aromatic carbocycles. The molecular formula is C22H24. The minimum absolute atomic E-state index is 0.655. The zero-order valence-electron chi connectivity index (χ0n) is 13.2. The van der Waals surface area contributed by atoms with Gasteiger partial charge in [-0.1, -0.05) is 54.6 Å². The Kier molecular flexibility index (Phi) is 4.58. The minimum Gasteiger partial charge on any atom is -0.103 e. The van der Waals surface area contributed by atoms with Crippen molar-refractivity contribution in [1.82, 2.24) is 0 Å². The summed E-state index contributed by atoms with van der Waals surface area (Å²) < 4.78 is 0. The summed E-state index contributed by atoms with van der Waals surface area (Å²) >= 11 is 0. The van der Waals surface area contributed by atoms with Crippen LogP contribution in [0.3, 0.4) is 0 Å². The smallest absolute Gasteiger partial charge is 0.0181 e. The van der Waals surface area contributed by atoms with Crippen molar-refractivity contribution in [2.45, 2.75) is 32.1 Å².